The zero-order valence-corrected chi connectivity index (χ0v) is 18.6. The van der Waals surface area contributed by atoms with Gasteiger partial charge in [0, 0.05) is 0 Å². The molecule has 0 fully saturated rings. The molecule has 1 nitrogen and oxygen atoms in total. The molecule has 0 amide bonds. The van der Waals surface area contributed by atoms with Gasteiger partial charge in [-0.3, -0.25) is 0 Å². The van der Waals surface area contributed by atoms with Crippen LogP contribution in [0.5, 0.6) is 5.75 Å². The van der Waals surface area contributed by atoms with Crippen LogP contribution in [0.1, 0.15) is 59.3 Å². The smallest absolute Gasteiger partial charge is 0.0586 e. The Balaban J connectivity index is 0.000000425. The predicted molar refractivity (Wildman–Crippen MR) is 101 cm³/mol. The molecule has 0 aromatic heterocycles. The minimum absolute atomic E-state index is 0.0965. The first kappa shape index (κ1) is 22.4. The molecule has 4 heteroatoms. The Morgan fingerprint density at radius 3 is 1.64 bits per heavy atom. The fourth-order valence-electron chi connectivity index (χ4n) is 2.14. The van der Waals surface area contributed by atoms with Crippen molar-refractivity contribution in [3.8, 4) is 5.75 Å². The van der Waals surface area contributed by atoms with Gasteiger partial charge in [0.25, 0.3) is 0 Å². The first-order valence-electron chi connectivity index (χ1n) is 8.51. The fourth-order valence-corrected chi connectivity index (χ4v) is 11.9. The third kappa shape index (κ3) is 11.0. The summed E-state index contributed by atoms with van der Waals surface area (Å²) in [5, 5.41) is 11.0. The van der Waals surface area contributed by atoms with Crippen molar-refractivity contribution >= 4 is 43.0 Å². The fraction of sp³-hybridized carbons (Fsp3) is 0.667. The number of rotatable bonds is 9. The number of hydrogen-bond acceptors (Lipinski definition) is 1. The average molecular weight is 452 g/mol. The van der Waals surface area contributed by atoms with Gasteiger partial charge >= 0.3 is 92.4 Å². The molecule has 1 aromatic carbocycles. The second kappa shape index (κ2) is 15.0. The number of halogens is 2. The molecule has 22 heavy (non-hydrogen) atoms. The van der Waals surface area contributed by atoms with E-state index in [1.54, 1.807) is 25.4 Å². The maximum Gasteiger partial charge on any atom is 0.0586 e. The molecule has 1 aromatic rings. The molecule has 1 rings (SSSR count). The molecule has 0 heterocycles. The van der Waals surface area contributed by atoms with Crippen LogP contribution in [0.15, 0.2) is 18.2 Å². The van der Waals surface area contributed by atoms with Gasteiger partial charge in [-0.05, 0) is 6.07 Å². The summed E-state index contributed by atoms with van der Waals surface area (Å²) in [6, 6.07) is 4.51. The second-order valence-corrected chi connectivity index (χ2v) is 15.0. The number of unbranched alkanes of at least 4 members (excludes halogenated alkanes) is 3. The van der Waals surface area contributed by atoms with Crippen molar-refractivity contribution in [1.29, 1.82) is 0 Å². The Kier molecular flexibility index (Phi) is 15.2. The molecular formula is C18H30Cl2OSn. The molecule has 0 saturated carbocycles. The van der Waals surface area contributed by atoms with E-state index in [1.165, 1.54) is 44.6 Å². The Morgan fingerprint density at radius 2 is 1.32 bits per heavy atom. The van der Waals surface area contributed by atoms with Gasteiger partial charge in [-0.25, -0.2) is 0 Å². The van der Waals surface area contributed by atoms with E-state index in [4.69, 9.17) is 23.2 Å². The van der Waals surface area contributed by atoms with Gasteiger partial charge in [0.15, 0.2) is 0 Å². The second-order valence-electron chi connectivity index (χ2n) is 5.61. The van der Waals surface area contributed by atoms with E-state index in [9.17, 15) is 5.11 Å². The van der Waals surface area contributed by atoms with Crippen molar-refractivity contribution < 1.29 is 5.11 Å². The summed E-state index contributed by atoms with van der Waals surface area (Å²) in [6.45, 7) is 7.00. The Bertz CT molecular complexity index is 346. The van der Waals surface area contributed by atoms with Crippen molar-refractivity contribution in [2.24, 2.45) is 0 Å². The van der Waals surface area contributed by atoms with Crippen LogP contribution in [0, 0.1) is 0 Å². The van der Waals surface area contributed by atoms with Gasteiger partial charge < -0.3 is 5.11 Å². The SMILES string of the molecule is CCC[CH2][Sn+]([CH2]CCC)[CH2]CCC.[O-]c1cccc(Cl)c1Cl. The topological polar surface area (TPSA) is 23.1 Å². The van der Waals surface area contributed by atoms with Gasteiger partial charge in [-0.2, -0.15) is 0 Å². The van der Waals surface area contributed by atoms with Crippen LogP contribution >= 0.6 is 23.2 Å². The van der Waals surface area contributed by atoms with E-state index in [2.05, 4.69) is 20.8 Å². The molecule has 126 valence electrons. The summed E-state index contributed by atoms with van der Waals surface area (Å²) in [7, 11) is 0. The quantitative estimate of drug-likeness (QED) is 0.372. The summed E-state index contributed by atoms with van der Waals surface area (Å²) in [5.41, 5.74) is 0. The zero-order chi connectivity index (χ0) is 16.8. The van der Waals surface area contributed by atoms with Gasteiger partial charge in [0.2, 0.25) is 0 Å². The van der Waals surface area contributed by atoms with Crippen LogP contribution in [0.3, 0.4) is 0 Å². The summed E-state index contributed by atoms with van der Waals surface area (Å²) in [6.07, 6.45) is 8.85. The summed E-state index contributed by atoms with van der Waals surface area (Å²) in [5.74, 6) is -0.232. The van der Waals surface area contributed by atoms with Crippen LogP contribution < -0.4 is 5.11 Å². The van der Waals surface area contributed by atoms with Crippen LogP contribution in [0.4, 0.5) is 0 Å². The summed E-state index contributed by atoms with van der Waals surface area (Å²) < 4.78 is 5.04. The monoisotopic (exact) mass is 452 g/mol. The minimum Gasteiger partial charge on any atom is -0.871 e. The number of hydrogen-bond donors (Lipinski definition) is 0. The molecule has 0 aliphatic rings. The van der Waals surface area contributed by atoms with Crippen LogP contribution in [0.2, 0.25) is 23.4 Å². The first-order valence-corrected chi connectivity index (χ1v) is 15.3. The molecule has 0 saturated heterocycles. The third-order valence-electron chi connectivity index (χ3n) is 3.57. The van der Waals surface area contributed by atoms with Gasteiger partial charge in [0.05, 0.1) is 10.0 Å². The van der Waals surface area contributed by atoms with Crippen molar-refractivity contribution in [2.45, 2.75) is 72.6 Å². The molecule has 0 atom stereocenters. The van der Waals surface area contributed by atoms with E-state index in [0.717, 1.165) is 0 Å². The molecule has 0 radical (unpaired) electrons. The molecule has 0 N–H and O–H groups in total. The normalized spacial score (nSPS) is 10.0. The molecule has 0 unspecified atom stereocenters. The van der Waals surface area contributed by atoms with Crippen molar-refractivity contribution in [3.05, 3.63) is 28.2 Å². The maximum atomic E-state index is 10.6. The Hall–Kier alpha value is 0.399. The Morgan fingerprint density at radius 1 is 0.864 bits per heavy atom. The molecule has 0 bridgehead atoms. The summed E-state index contributed by atoms with van der Waals surface area (Å²) in [4.78, 5) is 0. The van der Waals surface area contributed by atoms with E-state index < -0.39 is 19.8 Å². The Labute approximate surface area is 154 Å². The van der Waals surface area contributed by atoms with Crippen molar-refractivity contribution in [2.75, 3.05) is 0 Å². The van der Waals surface area contributed by atoms with Crippen LogP contribution in [-0.4, -0.2) is 19.8 Å². The van der Waals surface area contributed by atoms with E-state index in [1.807, 2.05) is 0 Å². The van der Waals surface area contributed by atoms with E-state index >= 15 is 0 Å². The molecule has 0 aliphatic carbocycles. The van der Waals surface area contributed by atoms with E-state index in [-0.39, 0.29) is 10.8 Å². The average Bonchev–Trinajstić information content (AvgIpc) is 2.52. The third-order valence-corrected chi connectivity index (χ3v) is 13.5. The predicted octanol–water partition coefficient (Wildman–Crippen LogP) is 6.95. The standard InChI is InChI=1S/C6H4Cl2O.3C4H9.Sn/c7-4-2-1-3-5(9)6(4)8;3*1-3-4-2;/h1-3,9H;3*1,3-4H2,2H3;/q;;;;+1/p-1. The van der Waals surface area contributed by atoms with Gasteiger partial charge in [0.1, 0.15) is 0 Å². The molecule has 0 spiro atoms. The van der Waals surface area contributed by atoms with Crippen LogP contribution in [0.25, 0.3) is 0 Å². The maximum absolute atomic E-state index is 10.6. The molecular weight excluding hydrogens is 422 g/mol. The largest absolute Gasteiger partial charge is 0.871 e. The van der Waals surface area contributed by atoms with Crippen LogP contribution in [-0.2, 0) is 0 Å². The van der Waals surface area contributed by atoms with Crippen molar-refractivity contribution in [1.82, 2.24) is 0 Å². The van der Waals surface area contributed by atoms with Crippen molar-refractivity contribution in [3.63, 3.8) is 0 Å². The minimum atomic E-state index is -0.839. The zero-order valence-electron chi connectivity index (χ0n) is 14.3. The summed E-state index contributed by atoms with van der Waals surface area (Å²) >= 11 is 10.1. The number of benzene rings is 1. The van der Waals surface area contributed by atoms with Gasteiger partial charge in [-0.1, -0.05) is 41.1 Å². The van der Waals surface area contributed by atoms with Gasteiger partial charge in [-0.15, -0.1) is 0 Å². The van der Waals surface area contributed by atoms with E-state index in [0.29, 0.717) is 5.02 Å². The molecule has 0 aliphatic heterocycles. The first-order chi connectivity index (χ1) is 10.6.